The number of aliphatic hydroxyl groups excluding tert-OH is 3. The standard InChI is InChI=1S/C12H26O.C6H8O7.C4H10.C3H6.C2H6O2/c1-2-3-4-5-6-7-8-9-10-11-12-13;7-3(8)1-6(13,5(11)12)2-4(9)10;1-3-4-2;1-3-2;3-1-2-4/h13H,2-12H2,1H3;13H,1-2H2,(H,7,8)(H,9,10)(H,11,12);3-4H2,1-2H3;3H,1H2,2H3;3-4H,1-2H2. The Morgan fingerprint density at radius 1 is 0.622 bits per heavy atom. The van der Waals surface area contributed by atoms with Crippen molar-refractivity contribution >= 4 is 17.9 Å². The van der Waals surface area contributed by atoms with Crippen LogP contribution in [-0.4, -0.2) is 79.1 Å². The summed E-state index contributed by atoms with van der Waals surface area (Å²) in [4.78, 5) is 30.5. The van der Waals surface area contributed by atoms with Crippen LogP contribution in [-0.2, 0) is 14.4 Å². The lowest BCUT2D eigenvalue weighted by atomic mass is 9.96. The molecule has 0 unspecified atom stereocenters. The third-order valence-corrected chi connectivity index (χ3v) is 4.40. The quantitative estimate of drug-likeness (QED) is 0.101. The lowest BCUT2D eigenvalue weighted by molar-refractivity contribution is -0.170. The second-order valence-corrected chi connectivity index (χ2v) is 8.24. The van der Waals surface area contributed by atoms with Crippen LogP contribution in [0.25, 0.3) is 0 Å². The van der Waals surface area contributed by atoms with E-state index >= 15 is 0 Å². The molecule has 0 saturated heterocycles. The van der Waals surface area contributed by atoms with Crippen LogP contribution in [0, 0.1) is 0 Å². The summed E-state index contributed by atoms with van der Waals surface area (Å²) in [6, 6.07) is 0. The third kappa shape index (κ3) is 51.5. The van der Waals surface area contributed by atoms with Gasteiger partial charge in [0, 0.05) is 6.61 Å². The van der Waals surface area contributed by atoms with Crippen LogP contribution in [0.2, 0.25) is 0 Å². The molecule has 10 heteroatoms. The minimum Gasteiger partial charge on any atom is -0.481 e. The van der Waals surface area contributed by atoms with E-state index in [0.717, 1.165) is 6.42 Å². The first kappa shape index (κ1) is 44.9. The van der Waals surface area contributed by atoms with Crippen LogP contribution in [0.1, 0.15) is 118 Å². The number of allylic oxidation sites excluding steroid dienone is 1. The molecule has 224 valence electrons. The maximum absolute atomic E-state index is 10.3. The number of hydrogen-bond acceptors (Lipinski definition) is 7. The van der Waals surface area contributed by atoms with E-state index in [1.807, 2.05) is 6.92 Å². The van der Waals surface area contributed by atoms with Gasteiger partial charge in [0.25, 0.3) is 0 Å². The molecule has 7 N–H and O–H groups in total. The summed E-state index contributed by atoms with van der Waals surface area (Å²) in [6.07, 6.45) is 15.4. The summed E-state index contributed by atoms with van der Waals surface area (Å²) in [7, 11) is 0. The van der Waals surface area contributed by atoms with Crippen molar-refractivity contribution in [2.45, 2.75) is 123 Å². The Balaban J connectivity index is -0.000000132. The highest BCUT2D eigenvalue weighted by atomic mass is 16.4. The van der Waals surface area contributed by atoms with Crippen LogP contribution in [0.4, 0.5) is 0 Å². The van der Waals surface area contributed by atoms with Gasteiger partial charge in [-0.25, -0.2) is 4.79 Å². The average molecular weight is 541 g/mol. The minimum absolute atomic E-state index is 0.125. The zero-order valence-corrected chi connectivity index (χ0v) is 23.7. The lowest BCUT2D eigenvalue weighted by Gasteiger charge is -2.18. The number of aliphatic hydroxyl groups is 4. The van der Waals surface area contributed by atoms with Gasteiger partial charge >= 0.3 is 17.9 Å². The molecule has 0 aromatic carbocycles. The molecule has 0 saturated carbocycles. The normalized spacial score (nSPS) is 9.51. The van der Waals surface area contributed by atoms with Crippen molar-refractivity contribution < 1.29 is 50.1 Å². The van der Waals surface area contributed by atoms with E-state index in [9.17, 15) is 14.4 Å². The fourth-order valence-electron chi connectivity index (χ4n) is 2.31. The van der Waals surface area contributed by atoms with Crippen molar-refractivity contribution in [3.8, 4) is 0 Å². The Morgan fingerprint density at radius 2 is 0.919 bits per heavy atom. The summed E-state index contributed by atoms with van der Waals surface area (Å²) in [5.41, 5.74) is -2.74. The van der Waals surface area contributed by atoms with E-state index in [4.69, 9.17) is 35.7 Å². The van der Waals surface area contributed by atoms with Gasteiger partial charge in [-0.2, -0.15) is 0 Å². The minimum atomic E-state index is -2.74. The molecular weight excluding hydrogens is 484 g/mol. The smallest absolute Gasteiger partial charge is 0.336 e. The molecule has 0 fully saturated rings. The van der Waals surface area contributed by atoms with Gasteiger partial charge in [0.15, 0.2) is 5.60 Å². The van der Waals surface area contributed by atoms with Gasteiger partial charge in [-0.05, 0) is 13.3 Å². The highest BCUT2D eigenvalue weighted by molar-refractivity contribution is 5.88. The van der Waals surface area contributed by atoms with Crippen molar-refractivity contribution in [2.75, 3.05) is 19.8 Å². The van der Waals surface area contributed by atoms with Crippen LogP contribution in [0.3, 0.4) is 0 Å². The number of carboxylic acid groups (broad SMARTS) is 3. The Kier molecular flexibility index (Phi) is 46.8. The van der Waals surface area contributed by atoms with Crippen LogP contribution >= 0.6 is 0 Å². The van der Waals surface area contributed by atoms with E-state index in [1.54, 1.807) is 6.08 Å². The van der Waals surface area contributed by atoms with Crippen LogP contribution < -0.4 is 0 Å². The van der Waals surface area contributed by atoms with Gasteiger partial charge in [-0.15, -0.1) is 6.58 Å². The molecular formula is C27H56O10. The number of hydrogen-bond donors (Lipinski definition) is 7. The summed E-state index contributed by atoms with van der Waals surface area (Å²) >= 11 is 0. The number of aliphatic carboxylic acids is 3. The molecule has 0 heterocycles. The molecule has 37 heavy (non-hydrogen) atoms. The topological polar surface area (TPSA) is 193 Å². The largest absolute Gasteiger partial charge is 0.481 e. The number of carboxylic acids is 3. The Hall–Kier alpha value is -2.01. The van der Waals surface area contributed by atoms with E-state index in [2.05, 4.69) is 27.4 Å². The molecule has 0 amide bonds. The van der Waals surface area contributed by atoms with E-state index in [0.29, 0.717) is 6.61 Å². The van der Waals surface area contributed by atoms with Crippen LogP contribution in [0.5, 0.6) is 0 Å². The van der Waals surface area contributed by atoms with Gasteiger partial charge in [-0.3, -0.25) is 9.59 Å². The van der Waals surface area contributed by atoms with Crippen molar-refractivity contribution in [3.63, 3.8) is 0 Å². The molecule has 0 aromatic heterocycles. The highest BCUT2D eigenvalue weighted by Gasteiger charge is 2.40. The second kappa shape index (κ2) is 38.5. The number of unbranched alkanes of at least 4 members (excludes halogenated alkanes) is 10. The van der Waals surface area contributed by atoms with Gasteiger partial charge in [-0.1, -0.05) is 97.5 Å². The molecule has 0 aliphatic heterocycles. The predicted molar refractivity (Wildman–Crippen MR) is 147 cm³/mol. The fourth-order valence-corrected chi connectivity index (χ4v) is 2.31. The summed E-state index contributed by atoms with van der Waals surface area (Å²) in [5.74, 6) is -5.02. The van der Waals surface area contributed by atoms with E-state index < -0.39 is 36.4 Å². The van der Waals surface area contributed by atoms with Crippen LogP contribution in [0.15, 0.2) is 12.7 Å². The predicted octanol–water partition coefficient (Wildman–Crippen LogP) is 4.62. The monoisotopic (exact) mass is 540 g/mol. The van der Waals surface area contributed by atoms with Crippen molar-refractivity contribution in [3.05, 3.63) is 12.7 Å². The Morgan fingerprint density at radius 3 is 1.11 bits per heavy atom. The molecule has 0 bridgehead atoms. The van der Waals surface area contributed by atoms with Crippen molar-refractivity contribution in [1.82, 2.24) is 0 Å². The van der Waals surface area contributed by atoms with E-state index in [-0.39, 0.29) is 13.2 Å². The number of carbonyl (C=O) groups is 3. The van der Waals surface area contributed by atoms with Crippen molar-refractivity contribution in [1.29, 1.82) is 0 Å². The third-order valence-electron chi connectivity index (χ3n) is 4.40. The Labute approximate surface area is 224 Å². The second-order valence-electron chi connectivity index (χ2n) is 8.24. The molecule has 0 atom stereocenters. The summed E-state index contributed by atoms with van der Waals surface area (Å²) in [5, 5.41) is 57.6. The zero-order valence-electron chi connectivity index (χ0n) is 23.7. The molecule has 0 rings (SSSR count). The fraction of sp³-hybridized carbons (Fsp3) is 0.815. The van der Waals surface area contributed by atoms with E-state index in [1.165, 1.54) is 70.6 Å². The summed E-state index contributed by atoms with van der Waals surface area (Å²) in [6.45, 7) is 12.0. The highest BCUT2D eigenvalue weighted by Crippen LogP contribution is 2.15. The Bertz CT molecular complexity index is 462. The number of rotatable bonds is 17. The maximum Gasteiger partial charge on any atom is 0.336 e. The molecule has 0 aliphatic rings. The molecule has 0 spiro atoms. The molecule has 0 radical (unpaired) electrons. The van der Waals surface area contributed by atoms with Gasteiger partial charge in [0.1, 0.15) is 0 Å². The first-order valence-corrected chi connectivity index (χ1v) is 13.2. The zero-order chi connectivity index (χ0) is 30.0. The molecule has 0 aromatic rings. The first-order valence-electron chi connectivity index (χ1n) is 13.2. The molecule has 10 nitrogen and oxygen atoms in total. The lowest BCUT2D eigenvalue weighted by Crippen LogP contribution is -2.42. The van der Waals surface area contributed by atoms with Crippen molar-refractivity contribution in [2.24, 2.45) is 0 Å². The average Bonchev–Trinajstić information content (AvgIpc) is 2.83. The van der Waals surface area contributed by atoms with Gasteiger partial charge in [0.2, 0.25) is 0 Å². The first-order chi connectivity index (χ1) is 17.4. The van der Waals surface area contributed by atoms with Gasteiger partial charge in [0.05, 0.1) is 26.1 Å². The van der Waals surface area contributed by atoms with Gasteiger partial charge < -0.3 is 35.7 Å². The SMILES string of the molecule is C=CC.CCCC.CCCCCCCCCCCCO.O=C(O)CC(O)(CC(=O)O)C(=O)O.OCCO. The molecule has 0 aliphatic carbocycles. The maximum atomic E-state index is 10.3. The summed E-state index contributed by atoms with van der Waals surface area (Å²) < 4.78 is 0.